The molecule has 1 amide bonds. The second-order valence-electron chi connectivity index (χ2n) is 7.37. The lowest BCUT2D eigenvalue weighted by Crippen LogP contribution is -2.27. The number of halogens is 4. The Morgan fingerprint density at radius 2 is 1.57 bits per heavy atom. The summed E-state index contributed by atoms with van der Waals surface area (Å²) in [5.41, 5.74) is 3.40. The number of nitrogens with one attached hydrogen (secondary N) is 3. The van der Waals surface area contributed by atoms with Crippen LogP contribution in [0.3, 0.4) is 0 Å². The van der Waals surface area contributed by atoms with Gasteiger partial charge in [-0.15, -0.1) is 0 Å². The van der Waals surface area contributed by atoms with Crippen LogP contribution >= 0.6 is 22.6 Å². The first kappa shape index (κ1) is 28.4. The topological polar surface area (TPSA) is 112 Å². The number of aliphatic hydroxyl groups is 2. The van der Waals surface area contributed by atoms with E-state index in [1.807, 2.05) is 28.1 Å². The van der Waals surface area contributed by atoms with Gasteiger partial charge in [-0.2, -0.15) is 0 Å². The molecule has 12 heteroatoms. The van der Waals surface area contributed by atoms with E-state index in [9.17, 15) is 9.18 Å². The van der Waals surface area contributed by atoms with Gasteiger partial charge in [-0.1, -0.05) is 30.3 Å². The second kappa shape index (κ2) is 13.9. The Hall–Kier alpha value is -3.17. The number of hydrogen-bond donors (Lipinski definition) is 5. The van der Waals surface area contributed by atoms with Crippen LogP contribution in [0, 0.1) is 21.0 Å². The Morgan fingerprint density at radius 1 is 0.892 bits per heavy atom. The molecule has 3 aromatic carbocycles. The Labute approximate surface area is 224 Å². The number of anilines is 2. The maximum absolute atomic E-state index is 15.5. The summed E-state index contributed by atoms with van der Waals surface area (Å²) in [5.74, 6) is -4.56. The summed E-state index contributed by atoms with van der Waals surface area (Å²) in [5, 5.41) is 20.4. The minimum absolute atomic E-state index is 0.0617. The third kappa shape index (κ3) is 7.66. The molecule has 0 spiro atoms. The van der Waals surface area contributed by atoms with Crippen molar-refractivity contribution >= 4 is 51.6 Å². The zero-order chi connectivity index (χ0) is 26.8. The monoisotopic (exact) mass is 629 g/mol. The van der Waals surface area contributed by atoms with Crippen LogP contribution in [-0.2, 0) is 9.68 Å². The molecule has 5 N–H and O–H groups in total. The number of aliphatic hydroxyl groups excluding tert-OH is 2. The number of benzene rings is 3. The van der Waals surface area contributed by atoms with Crippen LogP contribution < -0.4 is 16.3 Å². The lowest BCUT2D eigenvalue weighted by molar-refractivity contribution is 0.0168. The molecule has 196 valence electrons. The molecule has 0 bridgehead atoms. The first-order valence-corrected chi connectivity index (χ1v) is 12.0. The highest BCUT2D eigenvalue weighted by Crippen LogP contribution is 2.33. The van der Waals surface area contributed by atoms with E-state index in [4.69, 9.17) is 19.9 Å². The fourth-order valence-electron chi connectivity index (χ4n) is 3.12. The zero-order valence-corrected chi connectivity index (χ0v) is 21.4. The molecule has 37 heavy (non-hydrogen) atoms. The number of hydroxylamine groups is 2. The van der Waals surface area contributed by atoms with E-state index in [0.717, 1.165) is 6.07 Å². The molecule has 0 saturated heterocycles. The molecule has 0 heterocycles. The van der Waals surface area contributed by atoms with Crippen molar-refractivity contribution in [3.63, 3.8) is 0 Å². The summed E-state index contributed by atoms with van der Waals surface area (Å²) in [4.78, 5) is 22.8. The van der Waals surface area contributed by atoms with E-state index in [1.54, 1.807) is 36.4 Å². The highest BCUT2D eigenvalue weighted by atomic mass is 127. The minimum Gasteiger partial charge on any atom is -0.394 e. The SMILES string of the molecule is O=C(NOCCO)c1cc(C(=Cc2ccccc2)NOCCO)c(F)c(F)c1Nc1ccc(I)cc1F. The first-order valence-electron chi connectivity index (χ1n) is 10.9. The van der Waals surface area contributed by atoms with E-state index >= 15 is 8.78 Å². The van der Waals surface area contributed by atoms with Crippen molar-refractivity contribution in [2.75, 3.05) is 31.7 Å². The molecular formula is C25H23F3IN3O5. The molecule has 0 fully saturated rings. The van der Waals surface area contributed by atoms with Crippen molar-refractivity contribution in [2.24, 2.45) is 0 Å². The van der Waals surface area contributed by atoms with Gasteiger partial charge < -0.3 is 15.5 Å². The third-order valence-electron chi connectivity index (χ3n) is 4.78. The van der Waals surface area contributed by atoms with Crippen molar-refractivity contribution in [1.82, 2.24) is 11.0 Å². The van der Waals surface area contributed by atoms with Gasteiger partial charge in [0.2, 0.25) is 0 Å². The molecule has 0 aliphatic rings. The zero-order valence-electron chi connectivity index (χ0n) is 19.2. The van der Waals surface area contributed by atoms with Gasteiger partial charge in [-0.05, 0) is 58.5 Å². The summed E-state index contributed by atoms with van der Waals surface area (Å²) in [7, 11) is 0. The molecule has 0 aliphatic heterocycles. The van der Waals surface area contributed by atoms with Crippen LogP contribution in [0.2, 0.25) is 0 Å². The normalized spacial score (nSPS) is 11.4. The fourth-order valence-corrected chi connectivity index (χ4v) is 3.57. The van der Waals surface area contributed by atoms with Crippen LogP contribution in [0.4, 0.5) is 24.5 Å². The summed E-state index contributed by atoms with van der Waals surface area (Å²) in [6.07, 6.45) is 1.45. The molecule has 0 radical (unpaired) electrons. The predicted octanol–water partition coefficient (Wildman–Crippen LogP) is 4.12. The Balaban J connectivity index is 2.14. The van der Waals surface area contributed by atoms with E-state index in [2.05, 4.69) is 10.8 Å². The quantitative estimate of drug-likeness (QED) is 0.0888. The Bertz CT molecular complexity index is 1260. The average molecular weight is 629 g/mol. The molecule has 0 saturated carbocycles. The summed E-state index contributed by atoms with van der Waals surface area (Å²) < 4.78 is 46.0. The maximum Gasteiger partial charge on any atom is 0.277 e. The molecule has 8 nitrogen and oxygen atoms in total. The van der Waals surface area contributed by atoms with Gasteiger partial charge in [-0.25, -0.2) is 18.7 Å². The van der Waals surface area contributed by atoms with Crippen molar-refractivity contribution in [1.29, 1.82) is 0 Å². The van der Waals surface area contributed by atoms with E-state index < -0.39 is 41.2 Å². The molecule has 0 aromatic heterocycles. The number of carbonyl (C=O) groups excluding carboxylic acids is 1. The molecule has 0 unspecified atom stereocenters. The molecule has 3 rings (SSSR count). The van der Waals surface area contributed by atoms with Crippen LogP contribution in [0.5, 0.6) is 0 Å². The van der Waals surface area contributed by atoms with Gasteiger partial charge in [0, 0.05) is 9.13 Å². The fraction of sp³-hybridized carbons (Fsp3) is 0.160. The van der Waals surface area contributed by atoms with Gasteiger partial charge in [0.05, 0.1) is 49.1 Å². The van der Waals surface area contributed by atoms with Crippen LogP contribution in [-0.4, -0.2) is 42.5 Å². The van der Waals surface area contributed by atoms with Gasteiger partial charge in [-0.3, -0.25) is 19.9 Å². The standard InChI is InChI=1S/C25H23F3IN3O5/c26-19-13-16(29)6-7-20(19)30-24-18(25(35)32-37-11-9-34)14-17(22(27)23(24)28)21(31-36-10-8-33)12-15-4-2-1-3-5-15/h1-7,12-14,30-31,33-34H,8-11H2,(H,32,35). The summed E-state index contributed by atoms with van der Waals surface area (Å²) >= 11 is 1.89. The lowest BCUT2D eigenvalue weighted by atomic mass is 10.0. The highest BCUT2D eigenvalue weighted by molar-refractivity contribution is 14.1. The largest absolute Gasteiger partial charge is 0.394 e. The lowest BCUT2D eigenvalue weighted by Gasteiger charge is -2.18. The van der Waals surface area contributed by atoms with Gasteiger partial charge in [0.15, 0.2) is 11.6 Å². The van der Waals surface area contributed by atoms with Gasteiger partial charge in [0.25, 0.3) is 5.91 Å². The predicted molar refractivity (Wildman–Crippen MR) is 140 cm³/mol. The second-order valence-corrected chi connectivity index (χ2v) is 8.62. The minimum atomic E-state index is -1.47. The molecule has 0 aliphatic carbocycles. The number of amides is 1. The molecule has 3 aromatic rings. The summed E-state index contributed by atoms with van der Waals surface area (Å²) in [6, 6.07) is 13.7. The number of carbonyl (C=O) groups is 1. The summed E-state index contributed by atoms with van der Waals surface area (Å²) in [6.45, 7) is -1.17. The molecular weight excluding hydrogens is 606 g/mol. The Morgan fingerprint density at radius 3 is 2.22 bits per heavy atom. The van der Waals surface area contributed by atoms with Crippen molar-refractivity contribution in [3.05, 3.63) is 92.3 Å². The van der Waals surface area contributed by atoms with E-state index in [1.165, 1.54) is 18.2 Å². The smallest absolute Gasteiger partial charge is 0.277 e. The van der Waals surface area contributed by atoms with Crippen LogP contribution in [0.25, 0.3) is 11.8 Å². The van der Waals surface area contributed by atoms with Crippen LogP contribution in [0.15, 0.2) is 54.6 Å². The number of hydrogen-bond acceptors (Lipinski definition) is 7. The van der Waals surface area contributed by atoms with Crippen molar-refractivity contribution < 1.29 is 37.9 Å². The van der Waals surface area contributed by atoms with Crippen molar-refractivity contribution in [2.45, 2.75) is 0 Å². The number of rotatable bonds is 12. The van der Waals surface area contributed by atoms with Crippen LogP contribution in [0.1, 0.15) is 21.5 Å². The highest BCUT2D eigenvalue weighted by Gasteiger charge is 2.25. The van der Waals surface area contributed by atoms with Crippen molar-refractivity contribution in [3.8, 4) is 0 Å². The van der Waals surface area contributed by atoms with E-state index in [0.29, 0.717) is 9.13 Å². The third-order valence-corrected chi connectivity index (χ3v) is 5.45. The molecule has 0 atom stereocenters. The first-order chi connectivity index (χ1) is 17.8. The Kier molecular flexibility index (Phi) is 10.7. The van der Waals surface area contributed by atoms with E-state index in [-0.39, 0.29) is 36.8 Å². The average Bonchev–Trinajstić information content (AvgIpc) is 2.88. The maximum atomic E-state index is 15.5. The van der Waals surface area contributed by atoms with Gasteiger partial charge in [0.1, 0.15) is 5.82 Å². The van der Waals surface area contributed by atoms with Gasteiger partial charge >= 0.3 is 0 Å².